The highest BCUT2D eigenvalue weighted by atomic mass is 16.6. The smallest absolute Gasteiger partial charge is 0.217 e. The molecule has 0 bridgehead atoms. The molecular weight excluding hydrogens is 154 g/mol. The lowest BCUT2D eigenvalue weighted by molar-refractivity contribution is -0.484. The van der Waals surface area contributed by atoms with Crippen molar-refractivity contribution in [2.24, 2.45) is 11.3 Å². The molecule has 0 aromatic rings. The first kappa shape index (κ1) is 11.0. The van der Waals surface area contributed by atoms with Crippen LogP contribution < -0.4 is 0 Å². The van der Waals surface area contributed by atoms with Crippen molar-refractivity contribution >= 4 is 0 Å². The molecule has 0 aliphatic rings. The van der Waals surface area contributed by atoms with Crippen molar-refractivity contribution in [3.05, 3.63) is 10.1 Å². The Morgan fingerprint density at radius 3 is 2.33 bits per heavy atom. The largest absolute Gasteiger partial charge is 0.264 e. The van der Waals surface area contributed by atoms with E-state index in [1.54, 1.807) is 6.92 Å². The highest BCUT2D eigenvalue weighted by Gasteiger charge is 2.07. The Morgan fingerprint density at radius 2 is 2.00 bits per heavy atom. The summed E-state index contributed by atoms with van der Waals surface area (Å²) >= 11 is 0. The van der Waals surface area contributed by atoms with Gasteiger partial charge in [-0.15, -0.1) is 0 Å². The second-order valence-electron chi connectivity index (χ2n) is 3.94. The van der Waals surface area contributed by atoms with Gasteiger partial charge in [0.15, 0.2) is 0 Å². The molecule has 0 heterocycles. The van der Waals surface area contributed by atoms with Gasteiger partial charge in [-0.1, -0.05) is 11.8 Å². The summed E-state index contributed by atoms with van der Waals surface area (Å²) in [7, 11) is 0. The van der Waals surface area contributed by atoms with Crippen molar-refractivity contribution in [2.45, 2.75) is 27.7 Å². The Labute approximate surface area is 73.3 Å². The van der Waals surface area contributed by atoms with E-state index >= 15 is 0 Å². The summed E-state index contributed by atoms with van der Waals surface area (Å²) in [4.78, 5) is 9.74. The molecule has 12 heavy (non-hydrogen) atoms. The van der Waals surface area contributed by atoms with E-state index in [-0.39, 0.29) is 22.8 Å². The van der Waals surface area contributed by atoms with Crippen LogP contribution in [0.5, 0.6) is 0 Å². The molecule has 0 amide bonds. The van der Waals surface area contributed by atoms with Crippen LogP contribution in [0.2, 0.25) is 0 Å². The van der Waals surface area contributed by atoms with Gasteiger partial charge >= 0.3 is 0 Å². The summed E-state index contributed by atoms with van der Waals surface area (Å²) in [6.07, 6.45) is 0. The molecule has 1 atom stereocenters. The molecular formula is C9H15NO2. The van der Waals surface area contributed by atoms with Gasteiger partial charge in [-0.05, 0) is 27.7 Å². The second-order valence-corrected chi connectivity index (χ2v) is 3.94. The van der Waals surface area contributed by atoms with Crippen molar-refractivity contribution < 1.29 is 4.92 Å². The summed E-state index contributed by atoms with van der Waals surface area (Å²) in [5, 5.41) is 10.1. The van der Waals surface area contributed by atoms with E-state index < -0.39 is 0 Å². The minimum atomic E-state index is -0.331. The molecule has 0 aromatic heterocycles. The van der Waals surface area contributed by atoms with Gasteiger partial charge < -0.3 is 0 Å². The lowest BCUT2D eigenvalue weighted by Gasteiger charge is -2.07. The number of hydrogen-bond acceptors (Lipinski definition) is 2. The van der Waals surface area contributed by atoms with E-state index in [2.05, 4.69) is 11.8 Å². The van der Waals surface area contributed by atoms with Crippen LogP contribution in [0.4, 0.5) is 0 Å². The third kappa shape index (κ3) is 7.07. The summed E-state index contributed by atoms with van der Waals surface area (Å²) in [6.45, 7) is 7.65. The van der Waals surface area contributed by atoms with E-state index in [4.69, 9.17) is 0 Å². The first-order chi connectivity index (χ1) is 5.31. The second kappa shape index (κ2) is 4.10. The van der Waals surface area contributed by atoms with Crippen LogP contribution in [0, 0.1) is 33.3 Å². The van der Waals surface area contributed by atoms with E-state index in [1.807, 2.05) is 20.8 Å². The highest BCUT2D eigenvalue weighted by Crippen LogP contribution is 2.10. The van der Waals surface area contributed by atoms with Crippen molar-refractivity contribution in [2.75, 3.05) is 6.54 Å². The van der Waals surface area contributed by atoms with Crippen LogP contribution in [-0.4, -0.2) is 11.5 Å². The summed E-state index contributed by atoms with van der Waals surface area (Å²) in [5.41, 5.74) is -0.0646. The van der Waals surface area contributed by atoms with E-state index in [0.29, 0.717) is 0 Å². The molecule has 0 unspecified atom stereocenters. The molecule has 0 spiro atoms. The SMILES string of the molecule is C[C@H](C#CC(C)(C)C)C[N+](=O)[O-]. The van der Waals surface area contributed by atoms with Crippen molar-refractivity contribution in [3.63, 3.8) is 0 Å². The summed E-state index contributed by atoms with van der Waals surface area (Å²) in [5.74, 6) is 5.68. The van der Waals surface area contributed by atoms with Crippen LogP contribution >= 0.6 is 0 Å². The topological polar surface area (TPSA) is 43.1 Å². The Morgan fingerprint density at radius 1 is 1.50 bits per heavy atom. The number of hydrogen-bond donors (Lipinski definition) is 0. The fraction of sp³-hybridized carbons (Fsp3) is 0.778. The van der Waals surface area contributed by atoms with E-state index in [0.717, 1.165) is 0 Å². The highest BCUT2D eigenvalue weighted by molar-refractivity contribution is 5.09. The predicted octanol–water partition coefficient (Wildman–Crippen LogP) is 1.95. The van der Waals surface area contributed by atoms with Gasteiger partial charge in [-0.25, -0.2) is 0 Å². The normalized spacial score (nSPS) is 13.0. The minimum Gasteiger partial charge on any atom is -0.264 e. The van der Waals surface area contributed by atoms with Crippen molar-refractivity contribution in [1.29, 1.82) is 0 Å². The van der Waals surface area contributed by atoms with Crippen LogP contribution in [0.25, 0.3) is 0 Å². The first-order valence-corrected chi connectivity index (χ1v) is 3.96. The van der Waals surface area contributed by atoms with Crippen LogP contribution in [0.1, 0.15) is 27.7 Å². The Bertz CT molecular complexity index is 217. The average molecular weight is 169 g/mol. The third-order valence-corrected chi connectivity index (χ3v) is 1.12. The van der Waals surface area contributed by atoms with Crippen molar-refractivity contribution in [3.8, 4) is 11.8 Å². The standard InChI is InChI=1S/C9H15NO2/c1-8(7-10(11)12)5-6-9(2,3)4/h8H,7H2,1-4H3/t8-/m1/s1. The maximum atomic E-state index is 10.1. The molecule has 0 fully saturated rings. The number of nitrogens with zero attached hydrogens (tertiary/aromatic N) is 1. The number of rotatable bonds is 2. The Kier molecular flexibility index (Phi) is 3.75. The zero-order valence-corrected chi connectivity index (χ0v) is 8.05. The molecule has 0 N–H and O–H groups in total. The molecule has 0 aliphatic heterocycles. The van der Waals surface area contributed by atoms with Gasteiger partial charge in [0.2, 0.25) is 6.54 Å². The molecule has 3 nitrogen and oxygen atoms in total. The lowest BCUT2D eigenvalue weighted by Crippen LogP contribution is -2.10. The van der Waals surface area contributed by atoms with Gasteiger partial charge in [-0.3, -0.25) is 10.1 Å². The van der Waals surface area contributed by atoms with Crippen LogP contribution in [0.15, 0.2) is 0 Å². The first-order valence-electron chi connectivity index (χ1n) is 3.96. The Hall–Kier alpha value is -1.04. The predicted molar refractivity (Wildman–Crippen MR) is 48.3 cm³/mol. The van der Waals surface area contributed by atoms with Gasteiger partial charge in [0, 0.05) is 10.3 Å². The molecule has 0 rings (SSSR count). The van der Waals surface area contributed by atoms with Gasteiger partial charge in [-0.2, -0.15) is 0 Å². The fourth-order valence-corrected chi connectivity index (χ4v) is 0.609. The van der Waals surface area contributed by atoms with Gasteiger partial charge in [0.05, 0.1) is 5.92 Å². The van der Waals surface area contributed by atoms with E-state index in [9.17, 15) is 10.1 Å². The number of nitro groups is 1. The molecule has 68 valence electrons. The zero-order valence-electron chi connectivity index (χ0n) is 8.05. The Balaban J connectivity index is 4.04. The molecule has 0 saturated carbocycles. The molecule has 0 saturated heterocycles. The van der Waals surface area contributed by atoms with Gasteiger partial charge in [0.1, 0.15) is 0 Å². The molecule has 0 aromatic carbocycles. The summed E-state index contributed by atoms with van der Waals surface area (Å²) in [6, 6.07) is 0. The minimum absolute atomic E-state index is 0.0646. The van der Waals surface area contributed by atoms with E-state index in [1.165, 1.54) is 0 Å². The maximum absolute atomic E-state index is 10.1. The maximum Gasteiger partial charge on any atom is 0.217 e. The fourth-order valence-electron chi connectivity index (χ4n) is 0.609. The monoisotopic (exact) mass is 169 g/mol. The van der Waals surface area contributed by atoms with Crippen LogP contribution in [0.3, 0.4) is 0 Å². The van der Waals surface area contributed by atoms with Crippen molar-refractivity contribution in [1.82, 2.24) is 0 Å². The zero-order chi connectivity index (χ0) is 9.78. The average Bonchev–Trinajstić information content (AvgIpc) is 1.80. The quantitative estimate of drug-likeness (QED) is 0.360. The van der Waals surface area contributed by atoms with Gasteiger partial charge in [0.25, 0.3) is 0 Å². The van der Waals surface area contributed by atoms with Crippen LogP contribution in [-0.2, 0) is 0 Å². The molecule has 3 heteroatoms. The molecule has 0 aliphatic carbocycles. The lowest BCUT2D eigenvalue weighted by atomic mass is 9.97. The molecule has 0 radical (unpaired) electrons. The summed E-state index contributed by atoms with van der Waals surface area (Å²) < 4.78 is 0. The third-order valence-electron chi connectivity index (χ3n) is 1.12.